The molecule has 0 fully saturated rings. The summed E-state index contributed by atoms with van der Waals surface area (Å²) in [6.07, 6.45) is 3.14. The Labute approximate surface area is 105 Å². The Morgan fingerprint density at radius 3 is 2.81 bits per heavy atom. The quantitative estimate of drug-likeness (QED) is 0.919. The number of nitrogens with one attached hydrogen (secondary N) is 1. The molecule has 0 aromatic carbocycles. The average molecular weight is 285 g/mol. The molecular weight excluding hydrogens is 268 g/mol. The fraction of sp³-hybridized carbons (Fsp3) is 0.500. The maximum atomic E-state index is 11.6. The van der Waals surface area contributed by atoms with E-state index in [4.69, 9.17) is 0 Å². The Morgan fingerprint density at radius 1 is 1.56 bits per heavy atom. The number of rotatable bonds is 4. The minimum atomic E-state index is 0.0339. The van der Waals surface area contributed by atoms with Gasteiger partial charge >= 0.3 is 0 Å². The van der Waals surface area contributed by atoms with Crippen LogP contribution in [0.15, 0.2) is 16.7 Å². The van der Waals surface area contributed by atoms with E-state index >= 15 is 0 Å². The van der Waals surface area contributed by atoms with E-state index in [1.807, 2.05) is 13.0 Å². The number of nitrogens with zero attached hydrogens (tertiary/aromatic N) is 1. The molecule has 0 aliphatic heterocycles. The number of hydrogen-bond donors (Lipinski definition) is 1. The molecule has 0 bridgehead atoms. The van der Waals surface area contributed by atoms with Gasteiger partial charge in [-0.2, -0.15) is 0 Å². The summed E-state index contributed by atoms with van der Waals surface area (Å²) in [4.78, 5) is 15.8. The molecule has 4 heteroatoms. The summed E-state index contributed by atoms with van der Waals surface area (Å²) in [6.45, 7) is 6.14. The number of aromatic nitrogens is 1. The zero-order chi connectivity index (χ0) is 12.1. The van der Waals surface area contributed by atoms with E-state index in [9.17, 15) is 4.79 Å². The molecule has 1 N–H and O–H groups in total. The third-order valence-corrected chi connectivity index (χ3v) is 2.69. The number of carbonyl (C=O) groups excluding carboxylic acids is 1. The van der Waals surface area contributed by atoms with Crippen molar-refractivity contribution < 1.29 is 4.79 Å². The Balaban J connectivity index is 2.56. The molecule has 1 heterocycles. The van der Waals surface area contributed by atoms with Crippen molar-refractivity contribution in [2.24, 2.45) is 5.92 Å². The number of aryl methyl sites for hydroxylation is 1. The number of carbonyl (C=O) groups is 1. The van der Waals surface area contributed by atoms with Gasteiger partial charge in [0.1, 0.15) is 5.82 Å². The van der Waals surface area contributed by atoms with Crippen LogP contribution < -0.4 is 5.32 Å². The molecule has 88 valence electrons. The average Bonchev–Trinajstić information content (AvgIpc) is 2.19. The fourth-order valence-electron chi connectivity index (χ4n) is 1.29. The molecule has 0 atom stereocenters. The van der Waals surface area contributed by atoms with Gasteiger partial charge in [0, 0.05) is 17.1 Å². The second-order valence-electron chi connectivity index (χ2n) is 4.30. The largest absolute Gasteiger partial charge is 0.310 e. The molecule has 0 aliphatic rings. The monoisotopic (exact) mass is 284 g/mol. The second kappa shape index (κ2) is 5.99. The highest BCUT2D eigenvalue weighted by atomic mass is 79.9. The van der Waals surface area contributed by atoms with E-state index < -0.39 is 0 Å². The smallest absolute Gasteiger partial charge is 0.225 e. The predicted molar refractivity (Wildman–Crippen MR) is 69.4 cm³/mol. The topological polar surface area (TPSA) is 42.0 Å². The molecule has 0 saturated heterocycles. The van der Waals surface area contributed by atoms with Crippen molar-refractivity contribution in [1.29, 1.82) is 0 Å². The van der Waals surface area contributed by atoms with Crippen LogP contribution in [-0.4, -0.2) is 10.9 Å². The maximum absolute atomic E-state index is 11.6. The third kappa shape index (κ3) is 4.31. The lowest BCUT2D eigenvalue weighted by Crippen LogP contribution is -2.14. The number of hydrogen-bond acceptors (Lipinski definition) is 2. The van der Waals surface area contributed by atoms with Crippen LogP contribution >= 0.6 is 15.9 Å². The number of halogens is 1. The first-order valence-electron chi connectivity index (χ1n) is 5.41. The first-order valence-corrected chi connectivity index (χ1v) is 6.20. The molecule has 1 aromatic heterocycles. The Bertz CT molecular complexity index is 377. The summed E-state index contributed by atoms with van der Waals surface area (Å²) in [7, 11) is 0. The predicted octanol–water partition coefficient (Wildman–Crippen LogP) is 3.53. The van der Waals surface area contributed by atoms with Crippen molar-refractivity contribution in [2.45, 2.75) is 33.6 Å². The first kappa shape index (κ1) is 13.2. The highest BCUT2D eigenvalue weighted by Gasteiger charge is 2.07. The minimum Gasteiger partial charge on any atom is -0.310 e. The van der Waals surface area contributed by atoms with Gasteiger partial charge in [-0.25, -0.2) is 4.98 Å². The van der Waals surface area contributed by atoms with Crippen LogP contribution in [0.3, 0.4) is 0 Å². The molecule has 16 heavy (non-hydrogen) atoms. The van der Waals surface area contributed by atoms with Crippen molar-refractivity contribution in [3.63, 3.8) is 0 Å². The molecule has 0 spiro atoms. The van der Waals surface area contributed by atoms with Gasteiger partial charge in [0.15, 0.2) is 0 Å². The van der Waals surface area contributed by atoms with Crippen molar-refractivity contribution in [3.05, 3.63) is 22.3 Å². The van der Waals surface area contributed by atoms with Crippen molar-refractivity contribution >= 4 is 27.7 Å². The van der Waals surface area contributed by atoms with Crippen LogP contribution in [0.2, 0.25) is 0 Å². The highest BCUT2D eigenvalue weighted by Crippen LogP contribution is 2.17. The van der Waals surface area contributed by atoms with E-state index in [0.717, 1.165) is 16.5 Å². The summed E-state index contributed by atoms with van der Waals surface area (Å²) in [5, 5.41) is 2.82. The first-order chi connectivity index (χ1) is 7.49. The third-order valence-electron chi connectivity index (χ3n) is 2.25. The molecular formula is C12H17BrN2O. The summed E-state index contributed by atoms with van der Waals surface area (Å²) >= 11 is 3.34. The highest BCUT2D eigenvalue weighted by molar-refractivity contribution is 9.10. The van der Waals surface area contributed by atoms with Crippen molar-refractivity contribution in [2.75, 3.05) is 5.32 Å². The molecule has 0 unspecified atom stereocenters. The van der Waals surface area contributed by atoms with E-state index in [1.165, 1.54) is 0 Å². The van der Waals surface area contributed by atoms with Gasteiger partial charge in [-0.1, -0.05) is 13.8 Å². The van der Waals surface area contributed by atoms with E-state index in [2.05, 4.69) is 40.1 Å². The van der Waals surface area contributed by atoms with Gasteiger partial charge in [0.05, 0.1) is 0 Å². The van der Waals surface area contributed by atoms with Crippen LogP contribution in [0, 0.1) is 12.8 Å². The molecule has 0 aliphatic carbocycles. The number of amides is 1. The van der Waals surface area contributed by atoms with Crippen LogP contribution in [0.1, 0.15) is 32.3 Å². The van der Waals surface area contributed by atoms with Gasteiger partial charge in [-0.15, -0.1) is 0 Å². The van der Waals surface area contributed by atoms with Gasteiger partial charge < -0.3 is 5.32 Å². The summed E-state index contributed by atoms with van der Waals surface area (Å²) in [5.41, 5.74) is 0.965. The van der Waals surface area contributed by atoms with E-state index in [1.54, 1.807) is 6.20 Å². The summed E-state index contributed by atoms with van der Waals surface area (Å²) in [5.74, 6) is 1.23. The lowest BCUT2D eigenvalue weighted by molar-refractivity contribution is -0.116. The maximum Gasteiger partial charge on any atom is 0.225 e. The van der Waals surface area contributed by atoms with Crippen LogP contribution in [-0.2, 0) is 4.79 Å². The van der Waals surface area contributed by atoms with Gasteiger partial charge in [0.25, 0.3) is 0 Å². The van der Waals surface area contributed by atoms with Crippen LogP contribution in [0.4, 0.5) is 5.82 Å². The van der Waals surface area contributed by atoms with Crippen molar-refractivity contribution in [3.8, 4) is 0 Å². The Hall–Kier alpha value is -0.900. The van der Waals surface area contributed by atoms with Gasteiger partial charge in [-0.3, -0.25) is 4.79 Å². The number of pyridine rings is 1. The van der Waals surface area contributed by atoms with E-state index in [0.29, 0.717) is 18.2 Å². The molecule has 3 nitrogen and oxygen atoms in total. The Kier molecular flexibility index (Phi) is 4.93. The molecule has 0 radical (unpaired) electrons. The normalized spacial score (nSPS) is 10.6. The Morgan fingerprint density at radius 2 is 2.25 bits per heavy atom. The molecule has 1 amide bonds. The SMILES string of the molecule is Cc1cc(Br)cnc1NC(=O)CCC(C)C. The standard InChI is InChI=1S/C12H17BrN2O/c1-8(2)4-5-11(16)15-12-9(3)6-10(13)7-14-12/h6-8H,4-5H2,1-3H3,(H,14,15,16). The van der Waals surface area contributed by atoms with Crippen LogP contribution in [0.5, 0.6) is 0 Å². The van der Waals surface area contributed by atoms with Crippen LogP contribution in [0.25, 0.3) is 0 Å². The summed E-state index contributed by atoms with van der Waals surface area (Å²) < 4.78 is 0.921. The second-order valence-corrected chi connectivity index (χ2v) is 5.22. The van der Waals surface area contributed by atoms with E-state index in [-0.39, 0.29) is 5.91 Å². The zero-order valence-corrected chi connectivity index (χ0v) is 11.5. The lowest BCUT2D eigenvalue weighted by atomic mass is 10.1. The molecule has 0 saturated carbocycles. The van der Waals surface area contributed by atoms with Gasteiger partial charge in [0.2, 0.25) is 5.91 Å². The molecule has 1 rings (SSSR count). The fourth-order valence-corrected chi connectivity index (χ4v) is 1.73. The van der Waals surface area contributed by atoms with Crippen molar-refractivity contribution in [1.82, 2.24) is 4.98 Å². The van der Waals surface area contributed by atoms with Gasteiger partial charge in [-0.05, 0) is 46.8 Å². The minimum absolute atomic E-state index is 0.0339. The number of anilines is 1. The summed E-state index contributed by atoms with van der Waals surface area (Å²) in [6, 6.07) is 1.94. The lowest BCUT2D eigenvalue weighted by Gasteiger charge is -2.08. The zero-order valence-electron chi connectivity index (χ0n) is 9.88. The molecule has 1 aromatic rings.